The van der Waals surface area contributed by atoms with Crippen molar-refractivity contribution in [3.05, 3.63) is 55.4 Å². The Morgan fingerprint density at radius 2 is 2.16 bits per heavy atom. The van der Waals surface area contributed by atoms with Crippen LogP contribution in [0, 0.1) is 12.7 Å². The molecule has 0 saturated heterocycles. The van der Waals surface area contributed by atoms with E-state index in [0.717, 1.165) is 10.4 Å². The van der Waals surface area contributed by atoms with Crippen molar-refractivity contribution in [3.8, 4) is 0 Å². The molecule has 19 heavy (non-hydrogen) atoms. The summed E-state index contributed by atoms with van der Waals surface area (Å²) in [5.41, 5.74) is 4.19. The average molecular weight is 319 g/mol. The highest BCUT2D eigenvalue weighted by atomic mass is 35.5. The molecule has 2 rings (SSSR count). The Bertz CT molecular complexity index is 586. The zero-order chi connectivity index (χ0) is 14.0. The fourth-order valence-corrected chi connectivity index (χ4v) is 3.42. The van der Waals surface area contributed by atoms with Crippen molar-refractivity contribution < 1.29 is 4.39 Å². The summed E-state index contributed by atoms with van der Waals surface area (Å²) in [6, 6.07) is 4.70. The Kier molecular flexibility index (Phi) is 4.81. The molecule has 0 aliphatic heterocycles. The predicted molar refractivity (Wildman–Crippen MR) is 79.2 cm³/mol. The SMILES string of the molecule is Cc1csc(C(Cc2cccc(Cl)c2F)NN)c1Cl. The van der Waals surface area contributed by atoms with Gasteiger partial charge in [-0.1, -0.05) is 35.3 Å². The summed E-state index contributed by atoms with van der Waals surface area (Å²) in [6.07, 6.45) is 0.391. The molecule has 1 unspecified atom stereocenters. The molecule has 0 amide bonds. The highest BCUT2D eigenvalue weighted by molar-refractivity contribution is 7.10. The van der Waals surface area contributed by atoms with Gasteiger partial charge in [0.1, 0.15) is 5.82 Å². The van der Waals surface area contributed by atoms with Crippen molar-refractivity contribution in [3.63, 3.8) is 0 Å². The summed E-state index contributed by atoms with van der Waals surface area (Å²) in [5.74, 6) is 5.15. The maximum atomic E-state index is 13.9. The van der Waals surface area contributed by atoms with Crippen LogP contribution in [0.15, 0.2) is 23.6 Å². The third-order valence-corrected chi connectivity index (χ3v) is 5.02. The zero-order valence-corrected chi connectivity index (χ0v) is 12.5. The molecule has 2 nitrogen and oxygen atoms in total. The molecule has 6 heteroatoms. The third kappa shape index (κ3) is 3.09. The molecular formula is C13H13Cl2FN2S. The van der Waals surface area contributed by atoms with E-state index >= 15 is 0 Å². The van der Waals surface area contributed by atoms with E-state index in [1.165, 1.54) is 17.4 Å². The van der Waals surface area contributed by atoms with E-state index in [1.54, 1.807) is 12.1 Å². The fraction of sp³-hybridized carbons (Fsp3) is 0.231. The molecule has 0 radical (unpaired) electrons. The van der Waals surface area contributed by atoms with Gasteiger partial charge in [0.2, 0.25) is 0 Å². The van der Waals surface area contributed by atoms with Crippen LogP contribution >= 0.6 is 34.5 Å². The van der Waals surface area contributed by atoms with Crippen molar-refractivity contribution in [2.75, 3.05) is 0 Å². The lowest BCUT2D eigenvalue weighted by molar-refractivity contribution is 0.535. The Balaban J connectivity index is 2.29. The molecule has 0 saturated carbocycles. The van der Waals surface area contributed by atoms with Gasteiger partial charge in [0.05, 0.1) is 16.1 Å². The van der Waals surface area contributed by atoms with Gasteiger partial charge in [-0.25, -0.2) is 4.39 Å². The van der Waals surface area contributed by atoms with E-state index in [9.17, 15) is 4.39 Å². The van der Waals surface area contributed by atoms with E-state index in [1.807, 2.05) is 12.3 Å². The van der Waals surface area contributed by atoms with E-state index in [2.05, 4.69) is 5.43 Å². The van der Waals surface area contributed by atoms with Crippen molar-refractivity contribution in [1.29, 1.82) is 0 Å². The summed E-state index contributed by atoms with van der Waals surface area (Å²) < 4.78 is 13.9. The molecule has 1 atom stereocenters. The zero-order valence-electron chi connectivity index (χ0n) is 10.2. The molecule has 0 aliphatic rings. The standard InChI is InChI=1S/C13H13Cl2FN2S/c1-7-6-19-13(11(7)15)10(18-17)5-8-3-2-4-9(14)12(8)16/h2-4,6,10,18H,5,17H2,1H3. The molecule has 0 fully saturated rings. The number of rotatable bonds is 4. The monoisotopic (exact) mass is 318 g/mol. The van der Waals surface area contributed by atoms with E-state index < -0.39 is 5.82 Å². The van der Waals surface area contributed by atoms with E-state index in [4.69, 9.17) is 29.0 Å². The van der Waals surface area contributed by atoms with Gasteiger partial charge in [-0.05, 0) is 35.9 Å². The lowest BCUT2D eigenvalue weighted by Crippen LogP contribution is -2.29. The Morgan fingerprint density at radius 3 is 2.74 bits per heavy atom. The van der Waals surface area contributed by atoms with Gasteiger partial charge in [-0.3, -0.25) is 11.3 Å². The maximum absolute atomic E-state index is 13.9. The number of benzene rings is 1. The second kappa shape index (κ2) is 6.20. The lowest BCUT2D eigenvalue weighted by Gasteiger charge is -2.16. The smallest absolute Gasteiger partial charge is 0.145 e. The molecule has 1 aromatic heterocycles. The number of hydrogen-bond acceptors (Lipinski definition) is 3. The van der Waals surface area contributed by atoms with Crippen LogP contribution in [-0.4, -0.2) is 0 Å². The van der Waals surface area contributed by atoms with Gasteiger partial charge in [0, 0.05) is 4.88 Å². The molecule has 0 aliphatic carbocycles. The summed E-state index contributed by atoms with van der Waals surface area (Å²) in [6.45, 7) is 1.93. The van der Waals surface area contributed by atoms with Crippen LogP contribution in [0.5, 0.6) is 0 Å². The molecule has 1 heterocycles. The van der Waals surface area contributed by atoms with Crippen molar-refractivity contribution in [2.45, 2.75) is 19.4 Å². The summed E-state index contributed by atoms with van der Waals surface area (Å²) >= 11 is 13.5. The van der Waals surface area contributed by atoms with Gasteiger partial charge >= 0.3 is 0 Å². The highest BCUT2D eigenvalue weighted by Gasteiger charge is 2.19. The topological polar surface area (TPSA) is 38.0 Å². The second-order valence-electron chi connectivity index (χ2n) is 4.23. The van der Waals surface area contributed by atoms with Gasteiger partial charge in [0.25, 0.3) is 0 Å². The second-order valence-corrected chi connectivity index (χ2v) is 5.93. The molecule has 1 aromatic carbocycles. The van der Waals surface area contributed by atoms with Gasteiger partial charge in [-0.15, -0.1) is 11.3 Å². The number of hydrogen-bond donors (Lipinski definition) is 2. The summed E-state index contributed by atoms with van der Waals surface area (Å²) in [4.78, 5) is 0.904. The van der Waals surface area contributed by atoms with Crippen LogP contribution in [0.1, 0.15) is 22.0 Å². The third-order valence-electron chi connectivity index (χ3n) is 2.90. The van der Waals surface area contributed by atoms with Crippen LogP contribution in [-0.2, 0) is 6.42 Å². The Labute approximate surface area is 125 Å². The van der Waals surface area contributed by atoms with Crippen LogP contribution in [0.2, 0.25) is 10.0 Å². The number of nitrogens with one attached hydrogen (secondary N) is 1. The minimum Gasteiger partial charge on any atom is -0.271 e. The fourth-order valence-electron chi connectivity index (χ4n) is 1.84. The minimum absolute atomic E-state index is 0.113. The predicted octanol–water partition coefficient (Wildman–Crippen LogP) is 4.25. The first kappa shape index (κ1) is 14.8. The first-order valence-corrected chi connectivity index (χ1v) is 7.30. The first-order valence-electron chi connectivity index (χ1n) is 5.67. The van der Waals surface area contributed by atoms with Crippen LogP contribution in [0.25, 0.3) is 0 Å². The molecule has 0 spiro atoms. The minimum atomic E-state index is -0.409. The van der Waals surface area contributed by atoms with Crippen LogP contribution in [0.4, 0.5) is 4.39 Å². The molecule has 0 bridgehead atoms. The first-order chi connectivity index (χ1) is 9.04. The molecule has 2 aromatic rings. The Morgan fingerprint density at radius 1 is 1.42 bits per heavy atom. The molecule has 3 N–H and O–H groups in total. The van der Waals surface area contributed by atoms with Gasteiger partial charge in [-0.2, -0.15) is 0 Å². The molecule has 102 valence electrons. The molecular weight excluding hydrogens is 306 g/mol. The van der Waals surface area contributed by atoms with E-state index in [-0.39, 0.29) is 11.1 Å². The number of nitrogens with two attached hydrogens (primary N) is 1. The van der Waals surface area contributed by atoms with Crippen molar-refractivity contribution in [2.24, 2.45) is 5.84 Å². The lowest BCUT2D eigenvalue weighted by atomic mass is 10.0. The number of hydrazine groups is 1. The summed E-state index contributed by atoms with van der Waals surface area (Å²) in [5, 5.41) is 2.74. The average Bonchev–Trinajstić information content (AvgIpc) is 2.72. The normalized spacial score (nSPS) is 12.7. The van der Waals surface area contributed by atoms with Gasteiger partial charge < -0.3 is 0 Å². The number of halogens is 3. The highest BCUT2D eigenvalue weighted by Crippen LogP contribution is 2.34. The largest absolute Gasteiger partial charge is 0.271 e. The van der Waals surface area contributed by atoms with Crippen molar-refractivity contribution in [1.82, 2.24) is 5.43 Å². The number of aryl methyl sites for hydroxylation is 1. The van der Waals surface area contributed by atoms with Crippen molar-refractivity contribution >= 4 is 34.5 Å². The maximum Gasteiger partial charge on any atom is 0.145 e. The Hall–Kier alpha value is -0.650. The van der Waals surface area contributed by atoms with E-state index in [0.29, 0.717) is 17.0 Å². The summed E-state index contributed by atoms with van der Waals surface area (Å²) in [7, 11) is 0. The van der Waals surface area contributed by atoms with Gasteiger partial charge in [0.15, 0.2) is 0 Å². The number of thiophene rings is 1. The quantitative estimate of drug-likeness (QED) is 0.653. The van der Waals surface area contributed by atoms with Crippen LogP contribution < -0.4 is 11.3 Å². The van der Waals surface area contributed by atoms with Crippen LogP contribution in [0.3, 0.4) is 0 Å².